The molecule has 21 nitrogen and oxygen atoms in total. The van der Waals surface area contributed by atoms with E-state index in [2.05, 4.69) is 77.8 Å². The van der Waals surface area contributed by atoms with Crippen LogP contribution in [0.25, 0.3) is 16.6 Å². The van der Waals surface area contributed by atoms with Crippen molar-refractivity contribution in [3.63, 3.8) is 0 Å². The Labute approximate surface area is 522 Å². The van der Waals surface area contributed by atoms with Crippen molar-refractivity contribution in [3.8, 4) is 23.3 Å². The van der Waals surface area contributed by atoms with Crippen LogP contribution in [-0.2, 0) is 35.6 Å². The van der Waals surface area contributed by atoms with Crippen molar-refractivity contribution >= 4 is 78.9 Å². The zero-order valence-corrected chi connectivity index (χ0v) is 51.6. The average Bonchev–Trinajstić information content (AvgIpc) is 1.97. The maximum absolute atomic E-state index is 14.2. The van der Waals surface area contributed by atoms with Crippen LogP contribution in [0.15, 0.2) is 114 Å². The van der Waals surface area contributed by atoms with E-state index in [0.717, 1.165) is 105 Å². The third kappa shape index (κ3) is 15.3. The number of piperidine rings is 2. The van der Waals surface area contributed by atoms with Gasteiger partial charge in [-0.3, -0.25) is 39.5 Å². The van der Waals surface area contributed by atoms with E-state index in [4.69, 9.17) is 25.8 Å². The summed E-state index contributed by atoms with van der Waals surface area (Å²) in [5.41, 5.74) is 7.41. The van der Waals surface area contributed by atoms with Crippen molar-refractivity contribution in [1.82, 2.24) is 34.7 Å². The molecular formula is C66H73ClN10O11S. The molecule has 0 saturated carbocycles. The van der Waals surface area contributed by atoms with Crippen LogP contribution in [0.5, 0.6) is 11.5 Å². The molecule has 4 aliphatic heterocycles. The van der Waals surface area contributed by atoms with Gasteiger partial charge >= 0.3 is 0 Å². The molecule has 0 radical (unpaired) electrons. The number of pyridine rings is 1. The number of nitro benzene ring substituents is 1. The molecule has 0 spiro atoms. The minimum atomic E-state index is -4.63. The van der Waals surface area contributed by atoms with Gasteiger partial charge < -0.3 is 39.2 Å². The predicted molar refractivity (Wildman–Crippen MR) is 338 cm³/mol. The van der Waals surface area contributed by atoms with Crippen LogP contribution >= 0.6 is 11.6 Å². The third-order valence-corrected chi connectivity index (χ3v) is 19.0. The number of aromatic nitrogens is 2. The van der Waals surface area contributed by atoms with Gasteiger partial charge in [-0.2, -0.15) is 0 Å². The Balaban J connectivity index is 0.635. The second-order valence-electron chi connectivity index (χ2n) is 24.1. The summed E-state index contributed by atoms with van der Waals surface area (Å²) >= 11 is 6.27. The second-order valence-corrected chi connectivity index (χ2v) is 26.2. The number of piperazine rings is 1. The lowest BCUT2D eigenvalue weighted by atomic mass is 9.72. The van der Waals surface area contributed by atoms with Crippen LogP contribution in [0.4, 0.5) is 17.1 Å². The zero-order valence-electron chi connectivity index (χ0n) is 50.0. The predicted octanol–water partition coefficient (Wildman–Crippen LogP) is 9.18. The number of allylic oxidation sites excluding steroid dienone is 1. The van der Waals surface area contributed by atoms with E-state index in [9.17, 15) is 37.7 Å². The lowest BCUT2D eigenvalue weighted by molar-refractivity contribution is -0.384. The summed E-state index contributed by atoms with van der Waals surface area (Å²) in [4.78, 5) is 78.8. The molecule has 2 aromatic heterocycles. The van der Waals surface area contributed by atoms with Crippen LogP contribution in [0.3, 0.4) is 0 Å². The van der Waals surface area contributed by atoms with Crippen molar-refractivity contribution in [3.05, 3.63) is 152 Å². The monoisotopic (exact) mass is 1250 g/mol. The minimum absolute atomic E-state index is 0.0575. The van der Waals surface area contributed by atoms with Crippen molar-refractivity contribution in [2.24, 2.45) is 11.3 Å². The number of hydrogen-bond acceptors (Lipinski definition) is 16. The fraction of sp³-hybridized carbons (Fsp3) is 0.409. The van der Waals surface area contributed by atoms with Gasteiger partial charge in [-0.1, -0.05) is 61.1 Å². The van der Waals surface area contributed by atoms with Crippen LogP contribution in [0.1, 0.15) is 103 Å². The number of sulfonamides is 1. The first-order chi connectivity index (χ1) is 42.9. The number of likely N-dealkylation sites (tertiary alicyclic amines) is 1. The third-order valence-electron chi connectivity index (χ3n) is 17.4. The summed E-state index contributed by atoms with van der Waals surface area (Å²) in [6.07, 6.45) is 9.08. The first kappa shape index (κ1) is 62.4. The summed E-state index contributed by atoms with van der Waals surface area (Å²) in [6, 6.07) is 25.1. The molecule has 1 unspecified atom stereocenters. The number of carbonyl (C=O) groups excluding carboxylic acids is 4. The number of halogens is 1. The van der Waals surface area contributed by atoms with Crippen LogP contribution < -0.4 is 25.0 Å². The van der Waals surface area contributed by atoms with Crippen LogP contribution in [0.2, 0.25) is 5.02 Å². The molecular weight excluding hydrogens is 1180 g/mol. The SMILES string of the molecule is CC1(C)CCC(CN2CCN(c3ccc(C(=O)NS(=O)(=O)c4ccc(NCC5CCN(CCOCCOCCC#Cc6cccc7c6CN(C6CCC(=O)NC6=O)C7=O)CC5)c([N+](=O)[O-])c4)c(Oc4cnc5[nH]ccc5c4)c3)CC2)=C(c2ccc(Cl)cc2)C1. The first-order valence-corrected chi connectivity index (χ1v) is 32.2. The van der Waals surface area contributed by atoms with Gasteiger partial charge in [-0.05, 0) is 140 Å². The molecule has 6 heterocycles. The van der Waals surface area contributed by atoms with Crippen molar-refractivity contribution in [1.29, 1.82) is 0 Å². The second kappa shape index (κ2) is 27.7. The summed E-state index contributed by atoms with van der Waals surface area (Å²) < 4.78 is 48.0. The van der Waals surface area contributed by atoms with E-state index >= 15 is 0 Å². The maximum Gasteiger partial charge on any atom is 0.293 e. The number of carbonyl (C=O) groups is 4. The van der Waals surface area contributed by atoms with Crippen LogP contribution in [0, 0.1) is 33.3 Å². The maximum atomic E-state index is 14.2. The fourth-order valence-electron chi connectivity index (χ4n) is 12.4. The molecule has 23 heteroatoms. The lowest BCUT2D eigenvalue weighted by Gasteiger charge is -2.39. The number of imide groups is 1. The van der Waals surface area contributed by atoms with E-state index in [1.165, 1.54) is 46.0 Å². The highest BCUT2D eigenvalue weighted by atomic mass is 35.5. The molecule has 5 aliphatic rings. The van der Waals surface area contributed by atoms with Crippen molar-refractivity contribution in [2.75, 3.05) is 95.5 Å². The zero-order chi connectivity index (χ0) is 62.2. The van der Waals surface area contributed by atoms with Gasteiger partial charge in [0.2, 0.25) is 11.8 Å². The molecule has 3 saturated heterocycles. The normalized spacial score (nSPS) is 18.4. The van der Waals surface area contributed by atoms with Crippen molar-refractivity contribution < 1.29 is 46.7 Å². The lowest BCUT2D eigenvalue weighted by Crippen LogP contribution is -2.52. The van der Waals surface area contributed by atoms with Gasteiger partial charge in [0.25, 0.3) is 27.5 Å². The highest BCUT2D eigenvalue weighted by Crippen LogP contribution is 2.44. The molecule has 0 bridgehead atoms. The minimum Gasteiger partial charge on any atom is -0.455 e. The standard InChI is InChI=1S/C66H73ClN10O11S/c1-66(2)23-19-48(55(39-66)46-9-11-49(67)12-10-46)42-74-27-29-75(30-28-74)50-13-15-54(60(37-50)88-51-36-47-20-24-68-62(47)70-41-51)63(79)72-89(84,85)52-14-16-57(59(38-52)77(82)83)69-40-44-21-25-73(26-22-44)31-33-87-35-34-86-32-4-3-6-45-7-5-8-53-56(45)43-76(65(53)81)58-17-18-61(78)71-64(58)80/h5,7-16,20,24,36-38,41,44,58,69H,4,17-19,21-23,25-35,39-40,42-43H2,1-2H3,(H,68,70)(H,72,79)(H,71,78,80). The van der Waals surface area contributed by atoms with Gasteiger partial charge in [-0.25, -0.2) is 18.1 Å². The number of hydrogen-bond donors (Lipinski definition) is 4. The van der Waals surface area contributed by atoms with E-state index in [1.54, 1.807) is 36.5 Å². The molecule has 1 aliphatic carbocycles. The Hall–Kier alpha value is -8.17. The number of nitrogens with zero attached hydrogens (tertiary/aromatic N) is 6. The number of nitrogens with one attached hydrogen (secondary N) is 4. The highest BCUT2D eigenvalue weighted by molar-refractivity contribution is 7.90. The molecule has 3 fully saturated rings. The van der Waals surface area contributed by atoms with E-state index in [-0.39, 0.29) is 53.1 Å². The Kier molecular flexibility index (Phi) is 19.4. The van der Waals surface area contributed by atoms with Crippen LogP contribution in [-0.4, -0.2) is 153 Å². The Morgan fingerprint density at radius 3 is 2.45 bits per heavy atom. The smallest absolute Gasteiger partial charge is 0.293 e. The summed E-state index contributed by atoms with van der Waals surface area (Å²) in [7, 11) is -4.63. The Bertz CT molecular complexity index is 3860. The number of rotatable bonds is 22. The number of benzene rings is 4. The van der Waals surface area contributed by atoms with E-state index in [1.807, 2.05) is 24.3 Å². The molecule has 466 valence electrons. The summed E-state index contributed by atoms with van der Waals surface area (Å²) in [5, 5.41) is 19.5. The molecule has 1 atom stereocenters. The quantitative estimate of drug-likeness (QED) is 0.0163. The van der Waals surface area contributed by atoms with E-state index in [0.29, 0.717) is 75.9 Å². The van der Waals surface area contributed by atoms with Gasteiger partial charge in [0.05, 0.1) is 48.0 Å². The number of nitro groups is 1. The number of amides is 4. The topological polar surface area (TPSA) is 251 Å². The van der Waals surface area contributed by atoms with Gasteiger partial charge in [0.1, 0.15) is 28.9 Å². The number of anilines is 2. The molecule has 4 N–H and O–H groups in total. The largest absolute Gasteiger partial charge is 0.455 e. The van der Waals surface area contributed by atoms with Gasteiger partial charge in [0, 0.05) is 111 Å². The molecule has 4 amide bonds. The molecule has 89 heavy (non-hydrogen) atoms. The molecule has 6 aromatic rings. The fourth-order valence-corrected chi connectivity index (χ4v) is 13.5. The summed E-state index contributed by atoms with van der Waals surface area (Å²) in [6.45, 7) is 13.4. The van der Waals surface area contributed by atoms with Gasteiger partial charge in [-0.15, -0.1) is 0 Å². The number of ether oxygens (including phenoxy) is 3. The summed E-state index contributed by atoms with van der Waals surface area (Å²) in [5.74, 6) is 4.94. The van der Waals surface area contributed by atoms with Gasteiger partial charge in [0.15, 0.2) is 0 Å². The number of aromatic amines is 1. The highest BCUT2D eigenvalue weighted by Gasteiger charge is 2.40. The number of fused-ring (bicyclic) bond motifs is 2. The number of H-pyrrole nitrogens is 1. The molecule has 4 aromatic carbocycles. The first-order valence-electron chi connectivity index (χ1n) is 30.4. The average molecular weight is 1250 g/mol. The van der Waals surface area contributed by atoms with E-state index < -0.39 is 43.4 Å². The van der Waals surface area contributed by atoms with Crippen molar-refractivity contribution in [2.45, 2.75) is 82.7 Å². The Morgan fingerprint density at radius 1 is 0.888 bits per heavy atom. The Morgan fingerprint density at radius 2 is 1.67 bits per heavy atom. The molecule has 11 rings (SSSR count).